The standard InChI is InChI=1S/C20H32N4.HI/c1-17-8-7-14-23(16-17)13-6-5-12-22-20(21-2)24-15-11-18-9-3-4-10-19(18)24;/h3-4,9-10,17H,5-8,11-16H2,1-2H3,(H,21,22);1H. The van der Waals surface area contributed by atoms with Crippen molar-refractivity contribution in [2.45, 2.75) is 39.0 Å². The number of para-hydroxylation sites is 1. The fourth-order valence-electron chi connectivity index (χ4n) is 4.00. The molecule has 0 bridgehead atoms. The molecule has 3 rings (SSSR count). The van der Waals surface area contributed by atoms with E-state index in [1.165, 1.54) is 56.6 Å². The molecule has 0 radical (unpaired) electrons. The molecule has 0 aromatic heterocycles. The summed E-state index contributed by atoms with van der Waals surface area (Å²) in [5, 5.41) is 3.56. The Kier molecular flexibility index (Phi) is 8.49. The first kappa shape index (κ1) is 20.5. The van der Waals surface area contributed by atoms with E-state index in [0.29, 0.717) is 0 Å². The minimum atomic E-state index is 0. The van der Waals surface area contributed by atoms with Crippen molar-refractivity contribution in [1.29, 1.82) is 0 Å². The number of benzene rings is 1. The van der Waals surface area contributed by atoms with Crippen LogP contribution in [0.3, 0.4) is 0 Å². The third-order valence-electron chi connectivity index (χ3n) is 5.28. The van der Waals surface area contributed by atoms with E-state index in [0.717, 1.165) is 31.4 Å². The summed E-state index contributed by atoms with van der Waals surface area (Å²) >= 11 is 0. The van der Waals surface area contributed by atoms with Crippen LogP contribution in [0.4, 0.5) is 5.69 Å². The number of halogens is 1. The van der Waals surface area contributed by atoms with Gasteiger partial charge in [-0.3, -0.25) is 4.99 Å². The second-order valence-electron chi connectivity index (χ2n) is 7.26. The van der Waals surface area contributed by atoms with Crippen LogP contribution in [0, 0.1) is 5.92 Å². The molecule has 1 aromatic rings. The van der Waals surface area contributed by atoms with E-state index in [4.69, 9.17) is 0 Å². The van der Waals surface area contributed by atoms with Gasteiger partial charge in [-0.05, 0) is 62.7 Å². The number of hydrogen-bond acceptors (Lipinski definition) is 2. The number of nitrogens with one attached hydrogen (secondary N) is 1. The van der Waals surface area contributed by atoms with Crippen molar-refractivity contribution in [3.63, 3.8) is 0 Å². The van der Waals surface area contributed by atoms with Crippen molar-refractivity contribution < 1.29 is 0 Å². The molecule has 1 unspecified atom stereocenters. The molecule has 2 heterocycles. The first-order valence-electron chi connectivity index (χ1n) is 9.56. The average molecular weight is 456 g/mol. The lowest BCUT2D eigenvalue weighted by molar-refractivity contribution is 0.181. The van der Waals surface area contributed by atoms with Crippen LogP contribution in [0.25, 0.3) is 0 Å². The number of rotatable bonds is 5. The SMILES string of the molecule is CN=C(NCCCCN1CCCC(C)C1)N1CCc2ccccc21.I. The minimum Gasteiger partial charge on any atom is -0.356 e. The lowest BCUT2D eigenvalue weighted by atomic mass is 10.0. The third-order valence-corrected chi connectivity index (χ3v) is 5.28. The van der Waals surface area contributed by atoms with Gasteiger partial charge in [-0.2, -0.15) is 0 Å². The number of anilines is 1. The Bertz CT molecular complexity index is 560. The molecule has 4 nitrogen and oxygen atoms in total. The van der Waals surface area contributed by atoms with Crippen LogP contribution in [-0.2, 0) is 6.42 Å². The van der Waals surface area contributed by atoms with Crippen molar-refractivity contribution in [3.8, 4) is 0 Å². The molecule has 0 aliphatic carbocycles. The molecule has 2 aliphatic rings. The van der Waals surface area contributed by atoms with Gasteiger partial charge in [0.2, 0.25) is 0 Å². The highest BCUT2D eigenvalue weighted by Gasteiger charge is 2.22. The van der Waals surface area contributed by atoms with Gasteiger partial charge < -0.3 is 15.1 Å². The largest absolute Gasteiger partial charge is 0.356 e. The molecule has 0 amide bonds. The Morgan fingerprint density at radius 2 is 2.08 bits per heavy atom. The Morgan fingerprint density at radius 3 is 2.88 bits per heavy atom. The number of guanidine groups is 1. The summed E-state index contributed by atoms with van der Waals surface area (Å²) in [7, 11) is 1.89. The fourth-order valence-corrected chi connectivity index (χ4v) is 4.00. The fraction of sp³-hybridized carbons (Fsp3) is 0.650. The zero-order valence-electron chi connectivity index (χ0n) is 15.7. The second-order valence-corrected chi connectivity index (χ2v) is 7.26. The Hall–Kier alpha value is -0.820. The van der Waals surface area contributed by atoms with Crippen LogP contribution in [0.2, 0.25) is 0 Å². The molecular weight excluding hydrogens is 423 g/mol. The first-order chi connectivity index (χ1) is 11.8. The Morgan fingerprint density at radius 1 is 1.24 bits per heavy atom. The number of piperidine rings is 1. The van der Waals surface area contributed by atoms with Gasteiger partial charge in [0.15, 0.2) is 5.96 Å². The number of fused-ring (bicyclic) bond motifs is 1. The van der Waals surface area contributed by atoms with Gasteiger partial charge in [0, 0.05) is 32.4 Å². The van der Waals surface area contributed by atoms with Gasteiger partial charge in [0.1, 0.15) is 0 Å². The smallest absolute Gasteiger partial charge is 0.198 e. The summed E-state index contributed by atoms with van der Waals surface area (Å²) in [5.74, 6) is 1.90. The molecular formula is C20H33IN4. The van der Waals surface area contributed by atoms with Gasteiger partial charge in [0.25, 0.3) is 0 Å². The Labute approximate surface area is 170 Å². The predicted octanol–water partition coefficient (Wildman–Crippen LogP) is 3.75. The summed E-state index contributed by atoms with van der Waals surface area (Å²) < 4.78 is 0. The first-order valence-corrected chi connectivity index (χ1v) is 9.56. The molecule has 1 fully saturated rings. The monoisotopic (exact) mass is 456 g/mol. The summed E-state index contributed by atoms with van der Waals surface area (Å²) in [6.45, 7) is 8.26. The molecule has 1 aromatic carbocycles. The molecule has 5 heteroatoms. The van der Waals surface area contributed by atoms with Crippen LogP contribution in [0.15, 0.2) is 29.3 Å². The molecule has 0 saturated carbocycles. The second kappa shape index (κ2) is 10.4. The molecule has 0 spiro atoms. The highest BCUT2D eigenvalue weighted by atomic mass is 127. The summed E-state index contributed by atoms with van der Waals surface area (Å²) in [6.07, 6.45) is 6.38. The number of nitrogens with zero attached hydrogens (tertiary/aromatic N) is 3. The lowest BCUT2D eigenvalue weighted by Gasteiger charge is -2.30. The van der Waals surface area contributed by atoms with Crippen molar-refractivity contribution in [2.24, 2.45) is 10.9 Å². The predicted molar refractivity (Wildman–Crippen MR) is 118 cm³/mol. The van der Waals surface area contributed by atoms with Crippen molar-refractivity contribution in [1.82, 2.24) is 10.2 Å². The molecule has 1 atom stereocenters. The van der Waals surface area contributed by atoms with E-state index < -0.39 is 0 Å². The third kappa shape index (κ3) is 5.58. The summed E-state index contributed by atoms with van der Waals surface area (Å²) in [5.41, 5.74) is 2.74. The van der Waals surface area contributed by atoms with Crippen LogP contribution in [0.1, 0.15) is 38.2 Å². The topological polar surface area (TPSA) is 30.9 Å². The van der Waals surface area contributed by atoms with E-state index in [2.05, 4.69) is 51.3 Å². The molecule has 2 aliphatic heterocycles. The highest BCUT2D eigenvalue weighted by molar-refractivity contribution is 14.0. The van der Waals surface area contributed by atoms with Crippen molar-refractivity contribution in [3.05, 3.63) is 29.8 Å². The number of unbranched alkanes of at least 4 members (excludes halogenated alkanes) is 1. The molecule has 140 valence electrons. The lowest BCUT2D eigenvalue weighted by Crippen LogP contribution is -2.41. The minimum absolute atomic E-state index is 0. The molecule has 25 heavy (non-hydrogen) atoms. The van der Waals surface area contributed by atoms with E-state index in [-0.39, 0.29) is 24.0 Å². The van der Waals surface area contributed by atoms with Crippen molar-refractivity contribution >= 4 is 35.6 Å². The maximum absolute atomic E-state index is 4.49. The van der Waals surface area contributed by atoms with E-state index in [1.807, 2.05) is 7.05 Å². The highest BCUT2D eigenvalue weighted by Crippen LogP contribution is 2.27. The Balaban J connectivity index is 0.00000225. The summed E-state index contributed by atoms with van der Waals surface area (Å²) in [6, 6.07) is 8.67. The van der Waals surface area contributed by atoms with Gasteiger partial charge in [-0.25, -0.2) is 0 Å². The van der Waals surface area contributed by atoms with Gasteiger partial charge in [-0.15, -0.1) is 24.0 Å². The number of likely N-dealkylation sites (tertiary alicyclic amines) is 1. The maximum atomic E-state index is 4.49. The van der Waals surface area contributed by atoms with Crippen LogP contribution in [0.5, 0.6) is 0 Å². The molecule has 1 N–H and O–H groups in total. The van der Waals surface area contributed by atoms with Crippen LogP contribution >= 0.6 is 24.0 Å². The average Bonchev–Trinajstić information content (AvgIpc) is 3.02. The number of hydrogen-bond donors (Lipinski definition) is 1. The van der Waals surface area contributed by atoms with E-state index >= 15 is 0 Å². The zero-order chi connectivity index (χ0) is 16.8. The van der Waals surface area contributed by atoms with Gasteiger partial charge >= 0.3 is 0 Å². The number of aliphatic imine (C=N–C) groups is 1. The van der Waals surface area contributed by atoms with E-state index in [9.17, 15) is 0 Å². The van der Waals surface area contributed by atoms with Crippen LogP contribution < -0.4 is 10.2 Å². The summed E-state index contributed by atoms with van der Waals surface area (Å²) in [4.78, 5) is 9.45. The quantitative estimate of drug-likeness (QED) is 0.317. The van der Waals surface area contributed by atoms with Crippen molar-refractivity contribution in [2.75, 3.05) is 44.7 Å². The normalized spacial score (nSPS) is 21.0. The maximum Gasteiger partial charge on any atom is 0.198 e. The van der Waals surface area contributed by atoms with Gasteiger partial charge in [0.05, 0.1) is 0 Å². The zero-order valence-corrected chi connectivity index (χ0v) is 18.0. The molecule has 1 saturated heterocycles. The van der Waals surface area contributed by atoms with Gasteiger partial charge in [-0.1, -0.05) is 25.1 Å². The van der Waals surface area contributed by atoms with E-state index in [1.54, 1.807) is 0 Å². The van der Waals surface area contributed by atoms with Crippen LogP contribution in [-0.4, -0.2) is 50.6 Å².